The molecule has 1 amide bonds. The molecule has 0 radical (unpaired) electrons. The van der Waals surface area contributed by atoms with Crippen LogP contribution in [0.1, 0.15) is 21.6 Å². The van der Waals surface area contributed by atoms with Gasteiger partial charge in [-0.25, -0.2) is 0 Å². The van der Waals surface area contributed by atoms with E-state index in [-0.39, 0.29) is 5.69 Å². The second kappa shape index (κ2) is 7.45. The normalized spacial score (nSPS) is 11.1. The third-order valence-electron chi connectivity index (χ3n) is 3.66. The lowest BCUT2D eigenvalue weighted by Crippen LogP contribution is -2.14. The number of hydrogen-bond acceptors (Lipinski definition) is 4. The van der Waals surface area contributed by atoms with Crippen LogP contribution >= 0.6 is 0 Å². The fraction of sp³-hybridized carbons (Fsp3) is 0.105. The molecular formula is C19H15F3N4O. The molecule has 0 aliphatic rings. The molecule has 3 rings (SSSR count). The Kier molecular flexibility index (Phi) is 5.07. The molecule has 0 saturated carbocycles. The zero-order valence-electron chi connectivity index (χ0n) is 14.2. The number of nitrogens with one attached hydrogen (secondary N) is 2. The molecule has 2 N–H and O–H groups in total. The van der Waals surface area contributed by atoms with E-state index in [1.807, 2.05) is 25.1 Å². The van der Waals surface area contributed by atoms with Gasteiger partial charge in [0.25, 0.3) is 5.91 Å². The summed E-state index contributed by atoms with van der Waals surface area (Å²) in [6.45, 7) is 1.91. The Labute approximate surface area is 153 Å². The number of alkyl halides is 3. The minimum absolute atomic E-state index is 0.120. The lowest BCUT2D eigenvalue weighted by molar-refractivity contribution is -0.137. The topological polar surface area (TPSA) is 66.9 Å². The summed E-state index contributed by atoms with van der Waals surface area (Å²) in [4.78, 5) is 12.2. The Morgan fingerprint density at radius 3 is 2.26 bits per heavy atom. The summed E-state index contributed by atoms with van der Waals surface area (Å²) in [5, 5.41) is 13.3. The molecule has 1 heterocycles. The molecule has 0 unspecified atom stereocenters. The maximum Gasteiger partial charge on any atom is 0.416 e. The summed E-state index contributed by atoms with van der Waals surface area (Å²) in [6, 6.07) is 14.9. The smallest absolute Gasteiger partial charge is 0.339 e. The number of aryl methyl sites for hydroxylation is 1. The fourth-order valence-electron chi connectivity index (χ4n) is 2.33. The maximum absolute atomic E-state index is 12.6. The molecule has 0 fully saturated rings. The molecule has 0 bridgehead atoms. The molecule has 0 aliphatic heterocycles. The number of carbonyl (C=O) groups is 1. The minimum Gasteiger partial charge on any atom is -0.339 e. The van der Waals surface area contributed by atoms with Crippen LogP contribution in [-0.2, 0) is 6.18 Å². The average molecular weight is 372 g/mol. The van der Waals surface area contributed by atoms with Crippen molar-refractivity contribution < 1.29 is 18.0 Å². The van der Waals surface area contributed by atoms with Crippen molar-refractivity contribution in [1.82, 2.24) is 10.2 Å². The van der Waals surface area contributed by atoms with E-state index in [9.17, 15) is 18.0 Å². The number of nitrogens with zero attached hydrogens (tertiary/aromatic N) is 2. The first-order valence-corrected chi connectivity index (χ1v) is 7.97. The van der Waals surface area contributed by atoms with Gasteiger partial charge in [-0.15, -0.1) is 10.2 Å². The molecule has 5 nitrogen and oxygen atoms in total. The van der Waals surface area contributed by atoms with Gasteiger partial charge >= 0.3 is 6.18 Å². The van der Waals surface area contributed by atoms with Crippen LogP contribution in [0, 0.1) is 6.92 Å². The third kappa shape index (κ3) is 4.81. The minimum atomic E-state index is -4.38. The van der Waals surface area contributed by atoms with Crippen LogP contribution in [0.5, 0.6) is 0 Å². The Balaban J connectivity index is 1.65. The van der Waals surface area contributed by atoms with E-state index in [4.69, 9.17) is 0 Å². The van der Waals surface area contributed by atoms with E-state index >= 15 is 0 Å². The second-order valence-corrected chi connectivity index (χ2v) is 5.83. The van der Waals surface area contributed by atoms with Crippen molar-refractivity contribution in [1.29, 1.82) is 0 Å². The summed E-state index contributed by atoms with van der Waals surface area (Å²) < 4.78 is 37.7. The summed E-state index contributed by atoms with van der Waals surface area (Å²) >= 11 is 0. The third-order valence-corrected chi connectivity index (χ3v) is 3.66. The molecule has 1 aromatic heterocycles. The molecule has 0 aliphatic carbocycles. The van der Waals surface area contributed by atoms with Gasteiger partial charge in [0, 0.05) is 11.4 Å². The molecule has 2 aromatic carbocycles. The number of aromatic nitrogens is 2. The van der Waals surface area contributed by atoms with Gasteiger partial charge in [0.2, 0.25) is 0 Å². The van der Waals surface area contributed by atoms with Crippen LogP contribution in [0.4, 0.5) is 30.4 Å². The standard InChI is InChI=1S/C19H15F3N4O/c1-12-3-2-4-15(11-12)24-18(27)16-9-10-17(26-25-16)23-14-7-5-13(6-8-14)19(20,21)22/h2-11H,1H3,(H,23,26)(H,24,27). The molecule has 0 spiro atoms. The largest absolute Gasteiger partial charge is 0.416 e. The van der Waals surface area contributed by atoms with Gasteiger partial charge in [-0.2, -0.15) is 13.2 Å². The predicted octanol–water partition coefficient (Wildman–Crippen LogP) is 4.80. The highest BCUT2D eigenvalue weighted by Gasteiger charge is 2.29. The first-order chi connectivity index (χ1) is 12.8. The highest BCUT2D eigenvalue weighted by Crippen LogP contribution is 2.30. The second-order valence-electron chi connectivity index (χ2n) is 5.83. The van der Waals surface area contributed by atoms with Crippen molar-refractivity contribution in [3.05, 3.63) is 77.5 Å². The van der Waals surface area contributed by atoms with Gasteiger partial charge in [0.1, 0.15) is 0 Å². The number of benzene rings is 2. The van der Waals surface area contributed by atoms with Crippen molar-refractivity contribution in [3.63, 3.8) is 0 Å². The molecule has 0 atom stereocenters. The maximum atomic E-state index is 12.6. The molecule has 27 heavy (non-hydrogen) atoms. The van der Waals surface area contributed by atoms with E-state index in [0.29, 0.717) is 17.2 Å². The summed E-state index contributed by atoms with van der Waals surface area (Å²) in [7, 11) is 0. The Hall–Kier alpha value is -3.42. The average Bonchev–Trinajstić information content (AvgIpc) is 2.62. The monoisotopic (exact) mass is 372 g/mol. The molecule has 138 valence electrons. The zero-order chi connectivity index (χ0) is 19.4. The first kappa shape index (κ1) is 18.4. The Morgan fingerprint density at radius 1 is 0.926 bits per heavy atom. The number of carbonyl (C=O) groups excluding carboxylic acids is 1. The van der Waals surface area contributed by atoms with E-state index < -0.39 is 17.6 Å². The molecule has 3 aromatic rings. The van der Waals surface area contributed by atoms with Crippen molar-refractivity contribution in [2.24, 2.45) is 0 Å². The van der Waals surface area contributed by atoms with Crippen LogP contribution in [0.2, 0.25) is 0 Å². The molecule has 8 heteroatoms. The van der Waals surface area contributed by atoms with E-state index in [1.54, 1.807) is 6.07 Å². The first-order valence-electron chi connectivity index (χ1n) is 7.97. The van der Waals surface area contributed by atoms with E-state index in [2.05, 4.69) is 20.8 Å². The fourth-order valence-corrected chi connectivity index (χ4v) is 2.33. The highest BCUT2D eigenvalue weighted by atomic mass is 19.4. The van der Waals surface area contributed by atoms with Crippen LogP contribution in [0.25, 0.3) is 0 Å². The van der Waals surface area contributed by atoms with Gasteiger partial charge in [-0.05, 0) is 61.0 Å². The van der Waals surface area contributed by atoms with Gasteiger partial charge < -0.3 is 10.6 Å². The van der Waals surface area contributed by atoms with Crippen LogP contribution < -0.4 is 10.6 Å². The summed E-state index contributed by atoms with van der Waals surface area (Å²) in [5.74, 6) is -0.101. The lowest BCUT2D eigenvalue weighted by Gasteiger charge is -2.09. The summed E-state index contributed by atoms with van der Waals surface area (Å²) in [5.41, 5.74) is 1.47. The van der Waals surface area contributed by atoms with Crippen molar-refractivity contribution in [3.8, 4) is 0 Å². The number of rotatable bonds is 4. The number of anilines is 3. The van der Waals surface area contributed by atoms with Gasteiger partial charge in [-0.3, -0.25) is 4.79 Å². The van der Waals surface area contributed by atoms with Gasteiger partial charge in [0.15, 0.2) is 11.5 Å². The number of hydrogen-bond donors (Lipinski definition) is 2. The molecular weight excluding hydrogens is 357 g/mol. The van der Waals surface area contributed by atoms with Crippen LogP contribution in [-0.4, -0.2) is 16.1 Å². The highest BCUT2D eigenvalue weighted by molar-refractivity contribution is 6.02. The van der Waals surface area contributed by atoms with Gasteiger partial charge in [-0.1, -0.05) is 12.1 Å². The number of halogens is 3. The van der Waals surface area contributed by atoms with Crippen molar-refractivity contribution >= 4 is 23.1 Å². The molecule has 0 saturated heterocycles. The van der Waals surface area contributed by atoms with E-state index in [0.717, 1.165) is 17.7 Å². The lowest BCUT2D eigenvalue weighted by atomic mass is 10.2. The zero-order valence-corrected chi connectivity index (χ0v) is 14.2. The van der Waals surface area contributed by atoms with Crippen molar-refractivity contribution in [2.45, 2.75) is 13.1 Å². The Bertz CT molecular complexity index is 938. The summed E-state index contributed by atoms with van der Waals surface area (Å²) in [6.07, 6.45) is -4.38. The quantitative estimate of drug-likeness (QED) is 0.690. The van der Waals surface area contributed by atoms with Crippen molar-refractivity contribution in [2.75, 3.05) is 10.6 Å². The number of amides is 1. The van der Waals surface area contributed by atoms with Crippen LogP contribution in [0.15, 0.2) is 60.7 Å². The van der Waals surface area contributed by atoms with E-state index in [1.165, 1.54) is 24.3 Å². The van der Waals surface area contributed by atoms with Crippen LogP contribution in [0.3, 0.4) is 0 Å². The van der Waals surface area contributed by atoms with Gasteiger partial charge in [0.05, 0.1) is 5.56 Å². The predicted molar refractivity (Wildman–Crippen MR) is 95.9 cm³/mol. The SMILES string of the molecule is Cc1cccc(NC(=O)c2ccc(Nc3ccc(C(F)(F)F)cc3)nn2)c1. The Morgan fingerprint density at radius 2 is 1.67 bits per heavy atom.